The Morgan fingerprint density at radius 2 is 1.76 bits per heavy atom. The molecule has 0 atom stereocenters. The molecule has 0 fully saturated rings. The lowest BCUT2D eigenvalue weighted by atomic mass is 9.82. The topological polar surface area (TPSA) is 46.5 Å². The highest BCUT2D eigenvalue weighted by atomic mass is 16.7. The van der Waals surface area contributed by atoms with Crippen molar-refractivity contribution in [2.75, 3.05) is 0 Å². The van der Waals surface area contributed by atoms with Crippen LogP contribution in [0.25, 0.3) is 0 Å². The molecule has 0 amide bonds. The zero-order valence-corrected chi connectivity index (χ0v) is 10.7. The molecule has 0 radical (unpaired) electrons. The van der Waals surface area contributed by atoms with Crippen LogP contribution >= 0.6 is 0 Å². The summed E-state index contributed by atoms with van der Waals surface area (Å²) in [5, 5.41) is 8.63. The fourth-order valence-corrected chi connectivity index (χ4v) is 3.13. The van der Waals surface area contributed by atoms with Crippen LogP contribution < -0.4 is 4.74 Å². The number of fused-ring (bicyclic) bond motifs is 1. The fourth-order valence-electron chi connectivity index (χ4n) is 3.13. The molecule has 1 aliphatic rings. The molecule has 1 aromatic rings. The van der Waals surface area contributed by atoms with Gasteiger partial charge in [0.15, 0.2) is 0 Å². The van der Waals surface area contributed by atoms with Crippen molar-refractivity contribution >= 4 is 6.16 Å². The van der Waals surface area contributed by atoms with Gasteiger partial charge in [-0.1, -0.05) is 33.8 Å². The molecule has 0 spiro atoms. The Hall–Kier alpha value is -1.51. The Kier molecular flexibility index (Phi) is 2.45. The molecule has 0 aromatic heterocycles. The SMILES string of the molecule is CC1(C)CC(C)(C)c2cc(OC(=O)O)ccc21. The van der Waals surface area contributed by atoms with Crippen molar-refractivity contribution in [1.82, 2.24) is 0 Å². The third-order valence-electron chi connectivity index (χ3n) is 3.54. The van der Waals surface area contributed by atoms with E-state index in [4.69, 9.17) is 9.84 Å². The molecule has 0 saturated carbocycles. The summed E-state index contributed by atoms with van der Waals surface area (Å²) in [7, 11) is 0. The van der Waals surface area contributed by atoms with E-state index in [2.05, 4.69) is 27.7 Å². The maximum Gasteiger partial charge on any atom is 0.511 e. The third kappa shape index (κ3) is 2.02. The van der Waals surface area contributed by atoms with Gasteiger partial charge in [0.05, 0.1) is 0 Å². The lowest BCUT2D eigenvalue weighted by Gasteiger charge is -2.22. The van der Waals surface area contributed by atoms with Crippen LogP contribution in [-0.4, -0.2) is 11.3 Å². The number of carbonyl (C=O) groups is 1. The number of carboxylic acid groups (broad SMARTS) is 1. The first-order valence-electron chi connectivity index (χ1n) is 5.78. The van der Waals surface area contributed by atoms with Gasteiger partial charge in [0, 0.05) is 0 Å². The standard InChI is InChI=1S/C14H18O3/c1-13(2)8-14(3,4)11-7-9(17-12(15)16)5-6-10(11)13/h5-7H,8H2,1-4H3,(H,15,16). The molecule has 0 saturated heterocycles. The zero-order valence-electron chi connectivity index (χ0n) is 10.7. The monoisotopic (exact) mass is 234 g/mol. The molecular formula is C14H18O3. The molecule has 3 heteroatoms. The molecule has 0 heterocycles. The molecule has 0 bridgehead atoms. The molecule has 0 aliphatic heterocycles. The van der Waals surface area contributed by atoms with E-state index in [0.717, 1.165) is 6.42 Å². The second-order valence-corrected chi connectivity index (χ2v) is 6.02. The van der Waals surface area contributed by atoms with Gasteiger partial charge in [0.25, 0.3) is 0 Å². The Bertz CT molecular complexity index is 472. The third-order valence-corrected chi connectivity index (χ3v) is 3.54. The average molecular weight is 234 g/mol. The molecule has 17 heavy (non-hydrogen) atoms. The summed E-state index contributed by atoms with van der Waals surface area (Å²) in [5.74, 6) is 0.405. The van der Waals surface area contributed by atoms with Gasteiger partial charge in [-0.3, -0.25) is 0 Å². The van der Waals surface area contributed by atoms with Crippen LogP contribution in [-0.2, 0) is 10.8 Å². The van der Waals surface area contributed by atoms with Crippen LogP contribution in [0, 0.1) is 0 Å². The van der Waals surface area contributed by atoms with Crippen LogP contribution in [0.4, 0.5) is 4.79 Å². The first-order chi connectivity index (χ1) is 7.72. The van der Waals surface area contributed by atoms with Crippen molar-refractivity contribution in [3.63, 3.8) is 0 Å². The van der Waals surface area contributed by atoms with Crippen LogP contribution in [0.5, 0.6) is 5.75 Å². The van der Waals surface area contributed by atoms with Gasteiger partial charge in [-0.05, 0) is 40.5 Å². The predicted octanol–water partition coefficient (Wildman–Crippen LogP) is 3.70. The van der Waals surface area contributed by atoms with E-state index in [1.807, 2.05) is 12.1 Å². The van der Waals surface area contributed by atoms with Crippen molar-refractivity contribution in [3.8, 4) is 5.75 Å². The number of ether oxygens (including phenoxy) is 1. The molecule has 1 aliphatic carbocycles. The van der Waals surface area contributed by atoms with E-state index in [1.54, 1.807) is 6.07 Å². The lowest BCUT2D eigenvalue weighted by molar-refractivity contribution is 0.144. The van der Waals surface area contributed by atoms with Crippen LogP contribution in [0.3, 0.4) is 0 Å². The van der Waals surface area contributed by atoms with Gasteiger partial charge in [-0.2, -0.15) is 0 Å². The molecule has 0 unspecified atom stereocenters. The maximum absolute atomic E-state index is 10.5. The lowest BCUT2D eigenvalue weighted by Crippen LogP contribution is -2.18. The summed E-state index contributed by atoms with van der Waals surface area (Å²) in [4.78, 5) is 10.5. The smallest absolute Gasteiger partial charge is 0.449 e. The zero-order chi connectivity index (χ0) is 12.8. The Balaban J connectivity index is 2.49. The normalized spacial score (nSPS) is 19.8. The number of benzene rings is 1. The van der Waals surface area contributed by atoms with Gasteiger partial charge in [0.2, 0.25) is 0 Å². The highest BCUT2D eigenvalue weighted by molar-refractivity contribution is 5.62. The Labute approximate surface area is 101 Å². The minimum Gasteiger partial charge on any atom is -0.449 e. The second-order valence-electron chi connectivity index (χ2n) is 6.02. The minimum absolute atomic E-state index is 0.0662. The first kappa shape index (κ1) is 12.0. The van der Waals surface area contributed by atoms with Gasteiger partial charge < -0.3 is 9.84 Å². The van der Waals surface area contributed by atoms with E-state index in [9.17, 15) is 4.79 Å². The van der Waals surface area contributed by atoms with Crippen LogP contribution in [0.15, 0.2) is 18.2 Å². The predicted molar refractivity (Wildman–Crippen MR) is 65.8 cm³/mol. The number of rotatable bonds is 1. The second kappa shape index (κ2) is 3.49. The minimum atomic E-state index is -1.26. The molecule has 1 N–H and O–H groups in total. The molecule has 92 valence electrons. The van der Waals surface area contributed by atoms with Crippen molar-refractivity contribution in [3.05, 3.63) is 29.3 Å². The van der Waals surface area contributed by atoms with Gasteiger partial charge >= 0.3 is 6.16 Å². The van der Waals surface area contributed by atoms with E-state index in [0.29, 0.717) is 5.75 Å². The highest BCUT2D eigenvalue weighted by Gasteiger charge is 2.41. The van der Waals surface area contributed by atoms with Crippen molar-refractivity contribution in [1.29, 1.82) is 0 Å². The Morgan fingerprint density at radius 3 is 2.35 bits per heavy atom. The van der Waals surface area contributed by atoms with Crippen LogP contribution in [0.2, 0.25) is 0 Å². The quantitative estimate of drug-likeness (QED) is 0.595. The summed E-state index contributed by atoms with van der Waals surface area (Å²) in [6.07, 6.45) is -0.203. The van der Waals surface area contributed by atoms with Gasteiger partial charge in [0.1, 0.15) is 5.75 Å². The first-order valence-corrected chi connectivity index (χ1v) is 5.78. The van der Waals surface area contributed by atoms with E-state index in [-0.39, 0.29) is 10.8 Å². The number of hydrogen-bond acceptors (Lipinski definition) is 2. The largest absolute Gasteiger partial charge is 0.511 e. The molecule has 2 rings (SSSR count). The average Bonchev–Trinajstić information content (AvgIpc) is 2.31. The van der Waals surface area contributed by atoms with E-state index in [1.165, 1.54) is 11.1 Å². The summed E-state index contributed by atoms with van der Waals surface area (Å²) in [6, 6.07) is 5.58. The number of hydrogen-bond donors (Lipinski definition) is 1. The Morgan fingerprint density at radius 1 is 1.18 bits per heavy atom. The molecular weight excluding hydrogens is 216 g/mol. The summed E-state index contributed by atoms with van der Waals surface area (Å²) in [6.45, 7) is 8.81. The summed E-state index contributed by atoms with van der Waals surface area (Å²) < 4.78 is 4.72. The van der Waals surface area contributed by atoms with E-state index >= 15 is 0 Å². The highest BCUT2D eigenvalue weighted by Crippen LogP contribution is 2.50. The maximum atomic E-state index is 10.5. The van der Waals surface area contributed by atoms with Gasteiger partial charge in [-0.25, -0.2) is 4.79 Å². The van der Waals surface area contributed by atoms with Crippen LogP contribution in [0.1, 0.15) is 45.2 Å². The van der Waals surface area contributed by atoms with E-state index < -0.39 is 6.16 Å². The molecule has 3 nitrogen and oxygen atoms in total. The summed E-state index contributed by atoms with van der Waals surface area (Å²) in [5.41, 5.74) is 2.69. The van der Waals surface area contributed by atoms with Crippen molar-refractivity contribution in [2.45, 2.75) is 44.9 Å². The summed E-state index contributed by atoms with van der Waals surface area (Å²) >= 11 is 0. The molecule has 1 aromatic carbocycles. The fraction of sp³-hybridized carbons (Fsp3) is 0.500. The van der Waals surface area contributed by atoms with Crippen molar-refractivity contribution < 1.29 is 14.6 Å². The van der Waals surface area contributed by atoms with Gasteiger partial charge in [-0.15, -0.1) is 0 Å². The van der Waals surface area contributed by atoms with Crippen molar-refractivity contribution in [2.24, 2.45) is 0 Å².